The average Bonchev–Trinajstić information content (AvgIpc) is 2.74. The molecule has 2 heterocycles. The summed E-state index contributed by atoms with van der Waals surface area (Å²) in [6.07, 6.45) is 0. The van der Waals surface area contributed by atoms with Crippen LogP contribution in [0.1, 0.15) is 5.69 Å². The zero-order chi connectivity index (χ0) is 19.5. The van der Waals surface area contributed by atoms with Crippen molar-refractivity contribution in [1.82, 2.24) is 14.5 Å². The fourth-order valence-corrected chi connectivity index (χ4v) is 3.81. The third kappa shape index (κ3) is 3.73. The first kappa shape index (κ1) is 18.5. The van der Waals surface area contributed by atoms with Crippen LogP contribution in [0.15, 0.2) is 53.3 Å². The molecule has 28 heavy (non-hydrogen) atoms. The molecule has 6 heteroatoms. The zero-order valence-electron chi connectivity index (χ0n) is 16.5. The van der Waals surface area contributed by atoms with Gasteiger partial charge in [0, 0.05) is 45.0 Å². The smallest absolute Gasteiger partial charge is 0.272 e. The van der Waals surface area contributed by atoms with E-state index in [9.17, 15) is 4.79 Å². The van der Waals surface area contributed by atoms with Crippen molar-refractivity contribution < 1.29 is 4.74 Å². The molecule has 0 saturated carbocycles. The number of rotatable bonds is 5. The summed E-state index contributed by atoms with van der Waals surface area (Å²) in [6, 6.07) is 16.1. The van der Waals surface area contributed by atoms with Gasteiger partial charge >= 0.3 is 0 Å². The summed E-state index contributed by atoms with van der Waals surface area (Å²) in [6.45, 7) is 7.29. The number of aryl methyl sites for hydroxylation is 1. The fraction of sp³-hybridized carbons (Fsp3) is 0.364. The lowest BCUT2D eigenvalue weighted by molar-refractivity contribution is 0.248. The van der Waals surface area contributed by atoms with Crippen LogP contribution < -0.4 is 15.2 Å². The average molecular weight is 378 g/mol. The minimum absolute atomic E-state index is 0.00979. The molecule has 6 nitrogen and oxygen atoms in total. The van der Waals surface area contributed by atoms with Gasteiger partial charge in [0.15, 0.2) is 0 Å². The van der Waals surface area contributed by atoms with E-state index in [-0.39, 0.29) is 5.56 Å². The lowest BCUT2D eigenvalue weighted by Crippen LogP contribution is -2.47. The molecule has 1 aliphatic rings. The Hall–Kier alpha value is -2.86. The molecular weight excluding hydrogens is 352 g/mol. The molecule has 3 aromatic rings. The predicted octanol–water partition coefficient (Wildman–Crippen LogP) is 2.54. The molecule has 0 unspecified atom stereocenters. The quantitative estimate of drug-likeness (QED) is 0.683. The van der Waals surface area contributed by atoms with Gasteiger partial charge in [-0.05, 0) is 43.3 Å². The van der Waals surface area contributed by atoms with Gasteiger partial charge in [0.1, 0.15) is 11.4 Å². The molecule has 146 valence electrons. The van der Waals surface area contributed by atoms with Gasteiger partial charge in [0.05, 0.1) is 18.1 Å². The number of aromatic nitrogens is 2. The molecular formula is C22H26N4O2. The molecule has 0 radical (unpaired) electrons. The Bertz CT molecular complexity index is 1010. The highest BCUT2D eigenvalue weighted by molar-refractivity contribution is 5.74. The van der Waals surface area contributed by atoms with Crippen LogP contribution in [-0.4, -0.2) is 54.3 Å². The van der Waals surface area contributed by atoms with Gasteiger partial charge in [0.25, 0.3) is 5.56 Å². The maximum Gasteiger partial charge on any atom is 0.272 e. The highest BCUT2D eigenvalue weighted by atomic mass is 16.5. The van der Waals surface area contributed by atoms with Gasteiger partial charge in [-0.15, -0.1) is 0 Å². The number of ether oxygens (including phenoxy) is 1. The normalized spacial score (nSPS) is 15.1. The van der Waals surface area contributed by atoms with E-state index in [0.29, 0.717) is 12.2 Å². The second-order valence-electron chi connectivity index (χ2n) is 7.17. The Morgan fingerprint density at radius 2 is 1.68 bits per heavy atom. The minimum Gasteiger partial charge on any atom is -0.497 e. The van der Waals surface area contributed by atoms with Crippen LogP contribution in [-0.2, 0) is 6.54 Å². The maximum absolute atomic E-state index is 12.6. The van der Waals surface area contributed by atoms with Gasteiger partial charge in [-0.2, -0.15) is 0 Å². The summed E-state index contributed by atoms with van der Waals surface area (Å²) in [5, 5.41) is 0. The Morgan fingerprint density at radius 1 is 0.964 bits per heavy atom. The summed E-state index contributed by atoms with van der Waals surface area (Å²) in [4.78, 5) is 21.9. The number of hydrogen-bond donors (Lipinski definition) is 0. The van der Waals surface area contributed by atoms with Gasteiger partial charge in [0.2, 0.25) is 0 Å². The van der Waals surface area contributed by atoms with E-state index >= 15 is 0 Å². The minimum atomic E-state index is 0.00979. The number of fused-ring (bicyclic) bond motifs is 1. The molecule has 0 aliphatic carbocycles. The van der Waals surface area contributed by atoms with Crippen molar-refractivity contribution >= 4 is 16.7 Å². The molecule has 2 aromatic carbocycles. The van der Waals surface area contributed by atoms with E-state index in [1.54, 1.807) is 14.0 Å². The number of para-hydroxylation sites is 2. The standard InChI is InChI=1S/C22H26N4O2/c1-17-22(27)26(21-6-4-3-5-20(21)23-17)16-13-24-11-14-25(15-12-24)18-7-9-19(28-2)10-8-18/h3-10H,11-16H2,1-2H3. The SMILES string of the molecule is COc1ccc(N2CCN(CCn3c(=O)c(C)nc4ccccc43)CC2)cc1. The zero-order valence-corrected chi connectivity index (χ0v) is 16.5. The summed E-state index contributed by atoms with van der Waals surface area (Å²) in [5.74, 6) is 0.882. The second kappa shape index (κ2) is 8.02. The van der Waals surface area contributed by atoms with Crippen molar-refractivity contribution in [2.45, 2.75) is 13.5 Å². The molecule has 1 saturated heterocycles. The molecule has 1 aromatic heterocycles. The Kier molecular flexibility index (Phi) is 5.30. The first-order valence-corrected chi connectivity index (χ1v) is 9.73. The van der Waals surface area contributed by atoms with Crippen molar-refractivity contribution in [3.8, 4) is 5.75 Å². The third-order valence-electron chi connectivity index (χ3n) is 5.47. The number of anilines is 1. The number of nitrogens with zero attached hydrogens (tertiary/aromatic N) is 4. The van der Waals surface area contributed by atoms with E-state index < -0.39 is 0 Å². The number of methoxy groups -OCH3 is 1. The highest BCUT2D eigenvalue weighted by Gasteiger charge is 2.18. The van der Waals surface area contributed by atoms with Crippen LogP contribution >= 0.6 is 0 Å². The maximum atomic E-state index is 12.6. The van der Waals surface area contributed by atoms with Gasteiger partial charge in [-0.25, -0.2) is 4.98 Å². The Labute approximate surface area is 165 Å². The molecule has 1 aliphatic heterocycles. The van der Waals surface area contributed by atoms with E-state index in [4.69, 9.17) is 4.74 Å². The topological polar surface area (TPSA) is 50.6 Å². The summed E-state index contributed by atoms with van der Waals surface area (Å²) in [5.41, 5.74) is 3.59. The predicted molar refractivity (Wildman–Crippen MR) is 112 cm³/mol. The molecule has 0 N–H and O–H groups in total. The largest absolute Gasteiger partial charge is 0.497 e. The highest BCUT2D eigenvalue weighted by Crippen LogP contribution is 2.20. The van der Waals surface area contributed by atoms with Gasteiger partial charge in [-0.3, -0.25) is 9.69 Å². The van der Waals surface area contributed by atoms with E-state index in [1.807, 2.05) is 41.0 Å². The number of benzene rings is 2. The van der Waals surface area contributed by atoms with Crippen molar-refractivity contribution in [2.75, 3.05) is 44.7 Å². The molecule has 0 bridgehead atoms. The number of piperazine rings is 1. The van der Waals surface area contributed by atoms with Crippen molar-refractivity contribution in [2.24, 2.45) is 0 Å². The Balaban J connectivity index is 1.40. The second-order valence-corrected chi connectivity index (χ2v) is 7.17. The van der Waals surface area contributed by atoms with Crippen LogP contribution in [0.5, 0.6) is 5.75 Å². The first-order valence-electron chi connectivity index (χ1n) is 9.73. The monoisotopic (exact) mass is 378 g/mol. The van der Waals surface area contributed by atoms with Crippen molar-refractivity contribution in [3.05, 3.63) is 64.6 Å². The summed E-state index contributed by atoms with van der Waals surface area (Å²) < 4.78 is 7.11. The lowest BCUT2D eigenvalue weighted by Gasteiger charge is -2.36. The van der Waals surface area contributed by atoms with Crippen LogP contribution in [0.3, 0.4) is 0 Å². The summed E-state index contributed by atoms with van der Waals surface area (Å²) in [7, 11) is 1.69. The van der Waals surface area contributed by atoms with Crippen LogP contribution in [0, 0.1) is 6.92 Å². The molecule has 4 rings (SSSR count). The van der Waals surface area contributed by atoms with E-state index in [0.717, 1.165) is 49.5 Å². The number of hydrogen-bond acceptors (Lipinski definition) is 5. The molecule has 0 amide bonds. The van der Waals surface area contributed by atoms with Crippen LogP contribution in [0.2, 0.25) is 0 Å². The van der Waals surface area contributed by atoms with Gasteiger partial charge < -0.3 is 14.2 Å². The van der Waals surface area contributed by atoms with E-state index in [1.165, 1.54) is 5.69 Å². The molecule has 0 spiro atoms. The summed E-state index contributed by atoms with van der Waals surface area (Å²) >= 11 is 0. The van der Waals surface area contributed by atoms with Crippen molar-refractivity contribution in [1.29, 1.82) is 0 Å². The van der Waals surface area contributed by atoms with Crippen LogP contribution in [0.25, 0.3) is 11.0 Å². The third-order valence-corrected chi connectivity index (χ3v) is 5.47. The van der Waals surface area contributed by atoms with E-state index in [2.05, 4.69) is 26.9 Å². The first-order chi connectivity index (χ1) is 13.7. The molecule has 0 atom stereocenters. The van der Waals surface area contributed by atoms with Crippen molar-refractivity contribution in [3.63, 3.8) is 0 Å². The van der Waals surface area contributed by atoms with Crippen LogP contribution in [0.4, 0.5) is 5.69 Å². The Morgan fingerprint density at radius 3 is 2.39 bits per heavy atom. The van der Waals surface area contributed by atoms with Gasteiger partial charge in [-0.1, -0.05) is 12.1 Å². The molecule has 1 fully saturated rings. The lowest BCUT2D eigenvalue weighted by atomic mass is 10.2. The fourth-order valence-electron chi connectivity index (χ4n) is 3.81.